The highest BCUT2D eigenvalue weighted by molar-refractivity contribution is 8.01. The molecule has 0 aromatic carbocycles. The van der Waals surface area contributed by atoms with Gasteiger partial charge in [-0.3, -0.25) is 4.79 Å². The highest BCUT2D eigenvalue weighted by Crippen LogP contribution is 2.28. The van der Waals surface area contributed by atoms with Crippen molar-refractivity contribution in [1.82, 2.24) is 4.90 Å². The predicted octanol–water partition coefficient (Wildman–Crippen LogP) is 2.81. The predicted molar refractivity (Wildman–Crippen MR) is 78.4 cm³/mol. The van der Waals surface area contributed by atoms with Gasteiger partial charge in [0, 0.05) is 19.1 Å². The normalized spacial score (nSPS) is 20.8. The molecular weight excluding hydrogens is 264 g/mol. The fourth-order valence-electron chi connectivity index (χ4n) is 2.17. The molecule has 1 atom stereocenters. The molecule has 0 unspecified atom stereocenters. The minimum atomic E-state index is 0.140. The van der Waals surface area contributed by atoms with E-state index in [9.17, 15) is 4.79 Å². The molecule has 1 aliphatic heterocycles. The van der Waals surface area contributed by atoms with Gasteiger partial charge in [0.25, 0.3) is 5.91 Å². The number of carbonyl (C=O) groups is 1. The third kappa shape index (κ3) is 3.49. The first-order valence-electron chi connectivity index (χ1n) is 6.48. The van der Waals surface area contributed by atoms with Crippen molar-refractivity contribution in [3.63, 3.8) is 0 Å². The van der Waals surface area contributed by atoms with Crippen LogP contribution in [0.2, 0.25) is 0 Å². The second-order valence-electron chi connectivity index (χ2n) is 4.56. The zero-order valence-electron chi connectivity index (χ0n) is 10.7. The summed E-state index contributed by atoms with van der Waals surface area (Å²) in [5.74, 6) is 1.20. The summed E-state index contributed by atoms with van der Waals surface area (Å²) in [5.41, 5.74) is 6.00. The van der Waals surface area contributed by atoms with Gasteiger partial charge in [-0.15, -0.1) is 23.1 Å². The van der Waals surface area contributed by atoms with E-state index >= 15 is 0 Å². The van der Waals surface area contributed by atoms with Crippen LogP contribution in [0.15, 0.2) is 16.3 Å². The van der Waals surface area contributed by atoms with Gasteiger partial charge in [-0.05, 0) is 30.7 Å². The van der Waals surface area contributed by atoms with Gasteiger partial charge < -0.3 is 10.6 Å². The quantitative estimate of drug-likeness (QED) is 0.868. The summed E-state index contributed by atoms with van der Waals surface area (Å²) in [6, 6.07) is 4.13. The maximum absolute atomic E-state index is 12.4. The van der Waals surface area contributed by atoms with Gasteiger partial charge in [0.15, 0.2) is 0 Å². The number of hydrogen-bond donors (Lipinski definition) is 1. The molecule has 2 rings (SSSR count). The van der Waals surface area contributed by atoms with Crippen LogP contribution in [0.5, 0.6) is 0 Å². The van der Waals surface area contributed by atoms with E-state index in [-0.39, 0.29) is 11.9 Å². The van der Waals surface area contributed by atoms with Crippen molar-refractivity contribution in [3.05, 3.63) is 17.0 Å². The number of likely N-dealkylation sites (tertiary alicyclic amines) is 1. The van der Waals surface area contributed by atoms with Crippen molar-refractivity contribution in [3.8, 4) is 0 Å². The molecule has 0 aliphatic carbocycles. The number of nitrogens with two attached hydrogens (primary N) is 1. The van der Waals surface area contributed by atoms with Crippen molar-refractivity contribution < 1.29 is 4.79 Å². The van der Waals surface area contributed by atoms with E-state index in [4.69, 9.17) is 5.73 Å². The molecule has 1 aromatic rings. The molecule has 0 saturated carbocycles. The number of nitrogens with zero attached hydrogens (tertiary/aromatic N) is 1. The molecule has 1 fully saturated rings. The largest absolute Gasteiger partial charge is 0.336 e. The molecule has 100 valence electrons. The second-order valence-corrected chi connectivity index (χ2v) is 7.21. The highest BCUT2D eigenvalue weighted by Gasteiger charge is 2.22. The number of carbonyl (C=O) groups excluding carboxylic acids is 1. The standard InChI is InChI=1S/C13H20N2OS2/c1-2-17-12-7-6-11(18-12)13(16)15-8-4-3-5-10(14)9-15/h6-7,10H,2-5,8-9,14H2,1H3/t10-/m1/s1. The zero-order chi connectivity index (χ0) is 13.0. The van der Waals surface area contributed by atoms with Crippen LogP contribution in [0.1, 0.15) is 35.9 Å². The van der Waals surface area contributed by atoms with Crippen molar-refractivity contribution in [1.29, 1.82) is 0 Å². The Morgan fingerprint density at radius 2 is 2.39 bits per heavy atom. The summed E-state index contributed by atoms with van der Waals surface area (Å²) < 4.78 is 1.22. The minimum Gasteiger partial charge on any atom is -0.336 e. The van der Waals surface area contributed by atoms with Gasteiger partial charge in [-0.25, -0.2) is 0 Å². The Balaban J connectivity index is 2.04. The summed E-state index contributed by atoms with van der Waals surface area (Å²) in [5, 5.41) is 0. The second kappa shape index (κ2) is 6.59. The lowest BCUT2D eigenvalue weighted by atomic mass is 10.2. The SMILES string of the molecule is CCSc1ccc(C(=O)N2CCCC[C@@H](N)C2)s1. The van der Waals surface area contributed by atoms with E-state index in [2.05, 4.69) is 6.92 Å². The Bertz CT molecular complexity index is 405. The maximum Gasteiger partial charge on any atom is 0.264 e. The highest BCUT2D eigenvalue weighted by atomic mass is 32.2. The molecule has 1 aliphatic rings. The van der Waals surface area contributed by atoms with Crippen LogP contribution in [-0.4, -0.2) is 35.7 Å². The van der Waals surface area contributed by atoms with Crippen LogP contribution in [0.4, 0.5) is 0 Å². The molecule has 3 nitrogen and oxygen atoms in total. The van der Waals surface area contributed by atoms with Crippen molar-refractivity contribution in [2.75, 3.05) is 18.8 Å². The molecule has 1 saturated heterocycles. The Morgan fingerprint density at radius 3 is 3.17 bits per heavy atom. The van der Waals surface area contributed by atoms with Gasteiger partial charge in [0.2, 0.25) is 0 Å². The van der Waals surface area contributed by atoms with Gasteiger partial charge >= 0.3 is 0 Å². The third-order valence-electron chi connectivity index (χ3n) is 3.07. The smallest absolute Gasteiger partial charge is 0.264 e. The minimum absolute atomic E-state index is 0.140. The van der Waals surface area contributed by atoms with Crippen LogP contribution >= 0.6 is 23.1 Å². The lowest BCUT2D eigenvalue weighted by Gasteiger charge is -2.21. The molecule has 2 heterocycles. The summed E-state index contributed by atoms with van der Waals surface area (Å²) in [6.07, 6.45) is 3.23. The molecule has 0 spiro atoms. The maximum atomic E-state index is 12.4. The van der Waals surface area contributed by atoms with Crippen molar-refractivity contribution in [2.45, 2.75) is 36.4 Å². The van der Waals surface area contributed by atoms with Crippen LogP contribution in [0.3, 0.4) is 0 Å². The topological polar surface area (TPSA) is 46.3 Å². The Hall–Kier alpha value is -0.520. The molecule has 1 aromatic heterocycles. The van der Waals surface area contributed by atoms with E-state index in [1.807, 2.05) is 17.0 Å². The van der Waals surface area contributed by atoms with Crippen LogP contribution in [0, 0.1) is 0 Å². The molecule has 0 radical (unpaired) electrons. The number of thioether (sulfide) groups is 1. The average Bonchev–Trinajstić information content (AvgIpc) is 2.70. The Kier molecular flexibility index (Phi) is 5.09. The first-order chi connectivity index (χ1) is 8.70. The first kappa shape index (κ1) is 13.9. The molecule has 2 N–H and O–H groups in total. The molecule has 0 bridgehead atoms. The van der Waals surface area contributed by atoms with Crippen LogP contribution < -0.4 is 5.73 Å². The van der Waals surface area contributed by atoms with E-state index < -0.39 is 0 Å². The molecule has 5 heteroatoms. The summed E-state index contributed by atoms with van der Waals surface area (Å²) in [6.45, 7) is 3.67. The average molecular weight is 284 g/mol. The van der Waals surface area contributed by atoms with Crippen LogP contribution in [-0.2, 0) is 0 Å². The molecule has 18 heavy (non-hydrogen) atoms. The summed E-state index contributed by atoms with van der Waals surface area (Å²) >= 11 is 3.39. The number of rotatable bonds is 3. The lowest BCUT2D eigenvalue weighted by Crippen LogP contribution is -2.39. The van der Waals surface area contributed by atoms with Crippen molar-refractivity contribution >= 4 is 29.0 Å². The Labute approximate surface area is 117 Å². The van der Waals surface area contributed by atoms with E-state index in [1.165, 1.54) is 4.21 Å². The van der Waals surface area contributed by atoms with Gasteiger partial charge in [0.05, 0.1) is 9.09 Å². The fraction of sp³-hybridized carbons (Fsp3) is 0.615. The molecule has 1 amide bonds. The third-order valence-corrected chi connectivity index (χ3v) is 5.25. The molecular formula is C13H20N2OS2. The first-order valence-corrected chi connectivity index (χ1v) is 8.28. The number of hydrogen-bond acceptors (Lipinski definition) is 4. The fourth-order valence-corrected chi connectivity index (χ4v) is 4.18. The monoisotopic (exact) mass is 284 g/mol. The number of thiophene rings is 1. The van der Waals surface area contributed by atoms with Gasteiger partial charge in [-0.1, -0.05) is 13.3 Å². The van der Waals surface area contributed by atoms with Gasteiger partial charge in [-0.2, -0.15) is 0 Å². The van der Waals surface area contributed by atoms with Crippen molar-refractivity contribution in [2.24, 2.45) is 5.73 Å². The van der Waals surface area contributed by atoms with Crippen LogP contribution in [0.25, 0.3) is 0 Å². The van der Waals surface area contributed by atoms with E-state index in [0.29, 0.717) is 6.54 Å². The van der Waals surface area contributed by atoms with E-state index in [0.717, 1.165) is 36.4 Å². The summed E-state index contributed by atoms with van der Waals surface area (Å²) in [4.78, 5) is 15.2. The Morgan fingerprint density at radius 1 is 1.56 bits per heavy atom. The number of amides is 1. The van der Waals surface area contributed by atoms with E-state index in [1.54, 1.807) is 23.1 Å². The zero-order valence-corrected chi connectivity index (χ0v) is 12.4. The summed E-state index contributed by atoms with van der Waals surface area (Å²) in [7, 11) is 0. The lowest BCUT2D eigenvalue weighted by molar-refractivity contribution is 0.0760. The van der Waals surface area contributed by atoms with Gasteiger partial charge in [0.1, 0.15) is 0 Å².